The second-order valence-electron chi connectivity index (χ2n) is 6.49. The van der Waals surface area contributed by atoms with Crippen LogP contribution in [-0.4, -0.2) is 69.0 Å². The van der Waals surface area contributed by atoms with Crippen LogP contribution in [0.5, 0.6) is 0 Å². The van der Waals surface area contributed by atoms with E-state index in [9.17, 15) is 4.79 Å². The van der Waals surface area contributed by atoms with Gasteiger partial charge < -0.3 is 20.4 Å². The van der Waals surface area contributed by atoms with Crippen LogP contribution >= 0.6 is 24.0 Å². The van der Waals surface area contributed by atoms with Crippen molar-refractivity contribution in [2.75, 3.05) is 41.3 Å². The van der Waals surface area contributed by atoms with Crippen LogP contribution in [0.3, 0.4) is 0 Å². The van der Waals surface area contributed by atoms with Gasteiger partial charge >= 0.3 is 0 Å². The monoisotopic (exact) mass is 475 g/mol. The van der Waals surface area contributed by atoms with Crippen molar-refractivity contribution in [3.05, 3.63) is 35.4 Å². The van der Waals surface area contributed by atoms with Crippen LogP contribution in [0.4, 0.5) is 0 Å². The third-order valence-corrected chi connectivity index (χ3v) is 4.39. The van der Waals surface area contributed by atoms with E-state index in [0.717, 1.165) is 31.0 Å². The summed E-state index contributed by atoms with van der Waals surface area (Å²) < 4.78 is 0. The lowest BCUT2D eigenvalue weighted by molar-refractivity contribution is 0.0827. The minimum Gasteiger partial charge on any atom is -0.355 e. The summed E-state index contributed by atoms with van der Waals surface area (Å²) in [4.78, 5) is 20.1. The molecule has 1 rings (SSSR count). The van der Waals surface area contributed by atoms with Crippen molar-refractivity contribution in [1.29, 1.82) is 0 Å². The van der Waals surface area contributed by atoms with E-state index < -0.39 is 0 Å². The largest absolute Gasteiger partial charge is 0.355 e. The number of likely N-dealkylation sites (N-methyl/N-ethyl adjacent to an activating group) is 1. The fraction of sp³-hybridized carbons (Fsp3) is 0.579. The Balaban J connectivity index is 0.00000625. The van der Waals surface area contributed by atoms with Gasteiger partial charge in [0.1, 0.15) is 0 Å². The summed E-state index contributed by atoms with van der Waals surface area (Å²) in [6.45, 7) is 6.91. The molecule has 0 saturated carbocycles. The minimum atomic E-state index is 0. The molecule has 1 amide bonds. The van der Waals surface area contributed by atoms with Crippen LogP contribution in [0.15, 0.2) is 29.3 Å². The van der Waals surface area contributed by atoms with Crippen molar-refractivity contribution in [2.24, 2.45) is 4.99 Å². The molecule has 7 heteroatoms. The predicted molar refractivity (Wildman–Crippen MR) is 120 cm³/mol. The zero-order valence-corrected chi connectivity index (χ0v) is 19.2. The molecule has 0 aliphatic rings. The van der Waals surface area contributed by atoms with Crippen LogP contribution in [-0.2, 0) is 6.54 Å². The number of hydrogen-bond donors (Lipinski definition) is 2. The molecule has 6 nitrogen and oxygen atoms in total. The molecule has 1 aromatic rings. The number of nitrogens with zero attached hydrogens (tertiary/aromatic N) is 3. The SMILES string of the molecule is CCC(C)N(C)CCNC(=NC)NCc1ccc(C(=O)N(C)C)cc1.I. The average Bonchev–Trinajstić information content (AvgIpc) is 2.63. The highest BCUT2D eigenvalue weighted by Crippen LogP contribution is 2.06. The van der Waals surface area contributed by atoms with E-state index in [1.807, 2.05) is 24.3 Å². The summed E-state index contributed by atoms with van der Waals surface area (Å²) in [5.74, 6) is 0.799. The second kappa shape index (κ2) is 12.9. The van der Waals surface area contributed by atoms with Crippen LogP contribution in [0, 0.1) is 0 Å². The summed E-state index contributed by atoms with van der Waals surface area (Å²) in [7, 11) is 7.42. The highest BCUT2D eigenvalue weighted by molar-refractivity contribution is 14.0. The highest BCUT2D eigenvalue weighted by atomic mass is 127. The number of carbonyl (C=O) groups is 1. The zero-order valence-electron chi connectivity index (χ0n) is 16.9. The summed E-state index contributed by atoms with van der Waals surface area (Å²) in [6.07, 6.45) is 1.15. The van der Waals surface area contributed by atoms with Crippen molar-refractivity contribution in [3.63, 3.8) is 0 Å². The number of benzene rings is 1. The normalized spacial score (nSPS) is 12.3. The van der Waals surface area contributed by atoms with E-state index in [1.165, 1.54) is 0 Å². The lowest BCUT2D eigenvalue weighted by Crippen LogP contribution is -2.42. The first-order valence-corrected chi connectivity index (χ1v) is 8.84. The Morgan fingerprint density at radius 2 is 1.77 bits per heavy atom. The smallest absolute Gasteiger partial charge is 0.253 e. The van der Waals surface area contributed by atoms with Crippen molar-refractivity contribution in [1.82, 2.24) is 20.4 Å². The zero-order chi connectivity index (χ0) is 18.8. The topological polar surface area (TPSA) is 60.0 Å². The van der Waals surface area contributed by atoms with Crippen molar-refractivity contribution < 1.29 is 4.79 Å². The van der Waals surface area contributed by atoms with Gasteiger partial charge in [-0.1, -0.05) is 19.1 Å². The van der Waals surface area contributed by atoms with Gasteiger partial charge in [-0.25, -0.2) is 0 Å². The minimum absolute atomic E-state index is 0. The Labute approximate surface area is 175 Å². The van der Waals surface area contributed by atoms with Gasteiger partial charge in [0.2, 0.25) is 0 Å². The Hall–Kier alpha value is -1.35. The number of aliphatic imine (C=N–C) groups is 1. The molecule has 0 aliphatic heterocycles. The molecule has 0 bridgehead atoms. The molecule has 0 radical (unpaired) electrons. The maximum absolute atomic E-state index is 11.9. The van der Waals surface area contributed by atoms with Crippen LogP contribution in [0.1, 0.15) is 36.2 Å². The predicted octanol–water partition coefficient (Wildman–Crippen LogP) is 2.40. The van der Waals surface area contributed by atoms with Crippen molar-refractivity contribution >= 4 is 35.8 Å². The van der Waals surface area contributed by atoms with Crippen LogP contribution < -0.4 is 10.6 Å². The quantitative estimate of drug-likeness (QED) is 0.345. The highest BCUT2D eigenvalue weighted by Gasteiger charge is 2.08. The Bertz CT molecular complexity index is 560. The van der Waals surface area contributed by atoms with E-state index in [0.29, 0.717) is 18.2 Å². The first-order chi connectivity index (χ1) is 11.9. The molecule has 1 atom stereocenters. The third-order valence-electron chi connectivity index (χ3n) is 4.39. The fourth-order valence-corrected chi connectivity index (χ4v) is 2.31. The van der Waals surface area contributed by atoms with Crippen LogP contribution in [0.2, 0.25) is 0 Å². The summed E-state index contributed by atoms with van der Waals surface area (Å²) in [5.41, 5.74) is 1.80. The van der Waals surface area contributed by atoms with Gasteiger partial charge in [-0.15, -0.1) is 24.0 Å². The number of nitrogens with one attached hydrogen (secondary N) is 2. The molecule has 1 unspecified atom stereocenters. The lowest BCUT2D eigenvalue weighted by atomic mass is 10.1. The van der Waals surface area contributed by atoms with E-state index in [2.05, 4.69) is 41.4 Å². The maximum Gasteiger partial charge on any atom is 0.253 e. The van der Waals surface area contributed by atoms with Crippen molar-refractivity contribution in [2.45, 2.75) is 32.9 Å². The molecule has 26 heavy (non-hydrogen) atoms. The van der Waals surface area contributed by atoms with Gasteiger partial charge in [-0.2, -0.15) is 0 Å². The molecule has 0 saturated heterocycles. The Morgan fingerprint density at radius 1 is 1.15 bits per heavy atom. The third kappa shape index (κ3) is 8.35. The summed E-state index contributed by atoms with van der Waals surface area (Å²) in [5, 5.41) is 6.63. The number of halogens is 1. The van der Waals surface area contributed by atoms with E-state index in [4.69, 9.17) is 0 Å². The van der Waals surface area contributed by atoms with Gasteiger partial charge in [-0.05, 0) is 38.1 Å². The molecule has 0 aromatic heterocycles. The Morgan fingerprint density at radius 3 is 2.27 bits per heavy atom. The van der Waals surface area contributed by atoms with Gasteiger partial charge in [0, 0.05) is 52.4 Å². The first kappa shape index (κ1) is 24.7. The first-order valence-electron chi connectivity index (χ1n) is 8.84. The maximum atomic E-state index is 11.9. The van der Waals surface area contributed by atoms with Gasteiger partial charge in [0.25, 0.3) is 5.91 Å². The Kier molecular flexibility index (Phi) is 12.2. The second-order valence-corrected chi connectivity index (χ2v) is 6.49. The summed E-state index contributed by atoms with van der Waals surface area (Å²) in [6, 6.07) is 8.23. The van der Waals surface area contributed by atoms with E-state index in [1.54, 1.807) is 26.0 Å². The standard InChI is InChI=1S/C19H33N5O.HI/c1-7-15(2)24(6)13-12-21-19(20-3)22-14-16-8-10-17(11-9-16)18(25)23(4)5;/h8-11,15H,7,12-14H2,1-6H3,(H2,20,21,22);1H. The molecule has 0 spiro atoms. The van der Waals surface area contributed by atoms with Gasteiger partial charge in [0.15, 0.2) is 5.96 Å². The number of hydrogen-bond acceptors (Lipinski definition) is 3. The molecule has 2 N–H and O–H groups in total. The molecular weight excluding hydrogens is 441 g/mol. The van der Waals surface area contributed by atoms with Crippen molar-refractivity contribution in [3.8, 4) is 0 Å². The number of carbonyl (C=O) groups excluding carboxylic acids is 1. The molecule has 148 valence electrons. The molecule has 1 aromatic carbocycles. The van der Waals surface area contributed by atoms with Crippen LogP contribution in [0.25, 0.3) is 0 Å². The molecular formula is C19H34IN5O. The summed E-state index contributed by atoms with van der Waals surface area (Å²) >= 11 is 0. The van der Waals surface area contributed by atoms with Gasteiger partial charge in [-0.3, -0.25) is 9.79 Å². The van der Waals surface area contributed by atoms with E-state index >= 15 is 0 Å². The molecule has 0 aliphatic carbocycles. The number of amides is 1. The average molecular weight is 475 g/mol. The lowest BCUT2D eigenvalue weighted by Gasteiger charge is -2.24. The number of guanidine groups is 1. The fourth-order valence-electron chi connectivity index (χ4n) is 2.31. The van der Waals surface area contributed by atoms with E-state index in [-0.39, 0.29) is 29.9 Å². The van der Waals surface area contributed by atoms with Gasteiger partial charge in [0.05, 0.1) is 0 Å². The molecule has 0 fully saturated rings. The number of rotatable bonds is 8. The molecule has 0 heterocycles.